The molecular weight excluding hydrogens is 202 g/mol. The van der Waals surface area contributed by atoms with Gasteiger partial charge in [0.15, 0.2) is 0 Å². The van der Waals surface area contributed by atoms with Gasteiger partial charge in [-0.15, -0.1) is 0 Å². The van der Waals surface area contributed by atoms with E-state index in [2.05, 4.69) is 4.98 Å². The number of rotatable bonds is 5. The Hall–Kier alpha value is -1.42. The molecule has 0 aromatic carbocycles. The van der Waals surface area contributed by atoms with Crippen LogP contribution >= 0.6 is 0 Å². The molecule has 0 bridgehead atoms. The lowest BCUT2D eigenvalue weighted by Crippen LogP contribution is -2.32. The van der Waals surface area contributed by atoms with Crippen molar-refractivity contribution < 1.29 is 4.79 Å². The highest BCUT2D eigenvalue weighted by Crippen LogP contribution is 2.04. The van der Waals surface area contributed by atoms with E-state index in [1.165, 1.54) is 0 Å². The summed E-state index contributed by atoms with van der Waals surface area (Å²) in [6.07, 6.45) is 0.402. The van der Waals surface area contributed by atoms with Crippen LogP contribution in [0.4, 0.5) is 0 Å². The molecule has 0 spiro atoms. The monoisotopic (exact) mass is 221 g/mol. The number of aromatic nitrogens is 1. The molecule has 0 aliphatic carbocycles. The Kier molecular flexibility index (Phi) is 4.92. The number of amides is 1. The van der Waals surface area contributed by atoms with Gasteiger partial charge < -0.3 is 10.6 Å². The first-order valence-electron chi connectivity index (χ1n) is 5.57. The van der Waals surface area contributed by atoms with Crippen LogP contribution in [0.3, 0.4) is 0 Å². The second kappa shape index (κ2) is 6.23. The fraction of sp³-hybridized carbons (Fsp3) is 0.500. The first-order chi connectivity index (χ1) is 7.67. The van der Waals surface area contributed by atoms with E-state index >= 15 is 0 Å². The Morgan fingerprint density at radius 2 is 2.25 bits per heavy atom. The third-order valence-corrected chi connectivity index (χ3v) is 2.39. The van der Waals surface area contributed by atoms with E-state index in [-0.39, 0.29) is 5.91 Å². The van der Waals surface area contributed by atoms with Crippen molar-refractivity contribution in [2.24, 2.45) is 5.73 Å². The SMILES string of the molecule is CCN(Cc1cccc(C)n1)C(=O)CCN. The minimum atomic E-state index is 0.0910. The molecule has 1 aromatic rings. The summed E-state index contributed by atoms with van der Waals surface area (Å²) in [6, 6.07) is 5.84. The molecule has 1 heterocycles. The van der Waals surface area contributed by atoms with E-state index in [0.717, 1.165) is 11.4 Å². The van der Waals surface area contributed by atoms with Crippen LogP contribution in [-0.4, -0.2) is 28.9 Å². The Labute approximate surface area is 96.5 Å². The van der Waals surface area contributed by atoms with Gasteiger partial charge in [-0.2, -0.15) is 0 Å². The minimum absolute atomic E-state index is 0.0910. The highest BCUT2D eigenvalue weighted by atomic mass is 16.2. The maximum atomic E-state index is 11.7. The Morgan fingerprint density at radius 3 is 2.81 bits per heavy atom. The molecule has 0 radical (unpaired) electrons. The van der Waals surface area contributed by atoms with Gasteiger partial charge in [0, 0.05) is 25.2 Å². The van der Waals surface area contributed by atoms with E-state index in [0.29, 0.717) is 26.1 Å². The van der Waals surface area contributed by atoms with E-state index in [4.69, 9.17) is 5.73 Å². The average molecular weight is 221 g/mol. The third-order valence-electron chi connectivity index (χ3n) is 2.39. The van der Waals surface area contributed by atoms with Gasteiger partial charge in [-0.1, -0.05) is 6.07 Å². The summed E-state index contributed by atoms with van der Waals surface area (Å²) >= 11 is 0. The second-order valence-corrected chi connectivity index (χ2v) is 3.72. The fourth-order valence-electron chi connectivity index (χ4n) is 1.54. The maximum absolute atomic E-state index is 11.7. The van der Waals surface area contributed by atoms with Gasteiger partial charge in [-0.25, -0.2) is 0 Å². The van der Waals surface area contributed by atoms with Gasteiger partial charge >= 0.3 is 0 Å². The molecule has 0 unspecified atom stereocenters. The van der Waals surface area contributed by atoms with Crippen molar-refractivity contribution in [3.8, 4) is 0 Å². The smallest absolute Gasteiger partial charge is 0.224 e. The second-order valence-electron chi connectivity index (χ2n) is 3.72. The zero-order chi connectivity index (χ0) is 12.0. The number of hydrogen-bond donors (Lipinski definition) is 1. The van der Waals surface area contributed by atoms with Crippen LogP contribution < -0.4 is 5.73 Å². The van der Waals surface area contributed by atoms with Crippen molar-refractivity contribution >= 4 is 5.91 Å². The molecule has 0 aliphatic heterocycles. The van der Waals surface area contributed by atoms with Crippen molar-refractivity contribution in [1.82, 2.24) is 9.88 Å². The Balaban J connectivity index is 2.66. The molecule has 0 saturated heterocycles. The van der Waals surface area contributed by atoms with Crippen molar-refractivity contribution in [3.63, 3.8) is 0 Å². The van der Waals surface area contributed by atoms with Gasteiger partial charge in [-0.05, 0) is 26.0 Å². The van der Waals surface area contributed by atoms with Crippen molar-refractivity contribution in [2.45, 2.75) is 26.8 Å². The quantitative estimate of drug-likeness (QED) is 0.809. The van der Waals surface area contributed by atoms with Crippen LogP contribution in [0.1, 0.15) is 24.7 Å². The van der Waals surface area contributed by atoms with Crippen molar-refractivity contribution in [1.29, 1.82) is 0 Å². The van der Waals surface area contributed by atoms with Crippen molar-refractivity contribution in [2.75, 3.05) is 13.1 Å². The van der Waals surface area contributed by atoms with Crippen LogP contribution in [0.5, 0.6) is 0 Å². The largest absolute Gasteiger partial charge is 0.337 e. The van der Waals surface area contributed by atoms with Crippen LogP contribution in [0.15, 0.2) is 18.2 Å². The molecule has 88 valence electrons. The fourth-order valence-corrected chi connectivity index (χ4v) is 1.54. The molecule has 0 atom stereocenters. The molecular formula is C12H19N3O. The molecule has 1 aromatic heterocycles. The molecule has 2 N–H and O–H groups in total. The Morgan fingerprint density at radius 1 is 1.50 bits per heavy atom. The number of carbonyl (C=O) groups excluding carboxylic acids is 1. The molecule has 4 heteroatoms. The molecule has 0 aliphatic rings. The molecule has 0 fully saturated rings. The minimum Gasteiger partial charge on any atom is -0.337 e. The lowest BCUT2D eigenvalue weighted by atomic mass is 10.2. The van der Waals surface area contributed by atoms with Gasteiger partial charge in [0.1, 0.15) is 0 Å². The van der Waals surface area contributed by atoms with Gasteiger partial charge in [-0.3, -0.25) is 9.78 Å². The van der Waals surface area contributed by atoms with Gasteiger partial charge in [0.05, 0.1) is 12.2 Å². The zero-order valence-electron chi connectivity index (χ0n) is 9.94. The lowest BCUT2D eigenvalue weighted by Gasteiger charge is -2.20. The molecule has 1 amide bonds. The van der Waals surface area contributed by atoms with Gasteiger partial charge in [0.25, 0.3) is 0 Å². The topological polar surface area (TPSA) is 59.2 Å². The third kappa shape index (κ3) is 3.62. The number of aryl methyl sites for hydroxylation is 1. The summed E-state index contributed by atoms with van der Waals surface area (Å²) in [5.74, 6) is 0.0910. The highest BCUT2D eigenvalue weighted by molar-refractivity contribution is 5.76. The molecule has 0 saturated carbocycles. The number of pyridine rings is 1. The predicted octanol–water partition coefficient (Wildman–Crippen LogP) is 1.09. The van der Waals surface area contributed by atoms with Crippen LogP contribution in [0.25, 0.3) is 0 Å². The van der Waals surface area contributed by atoms with Crippen LogP contribution in [0, 0.1) is 6.92 Å². The standard InChI is InChI=1S/C12H19N3O/c1-3-15(12(16)7-8-13)9-11-6-4-5-10(2)14-11/h4-6H,3,7-9,13H2,1-2H3. The summed E-state index contributed by atoms with van der Waals surface area (Å²) in [5, 5.41) is 0. The predicted molar refractivity (Wildman–Crippen MR) is 63.7 cm³/mol. The number of nitrogens with zero attached hydrogens (tertiary/aromatic N) is 2. The summed E-state index contributed by atoms with van der Waals surface area (Å²) in [7, 11) is 0. The molecule has 4 nitrogen and oxygen atoms in total. The van der Waals surface area contributed by atoms with E-state index in [1.54, 1.807) is 4.90 Å². The van der Waals surface area contributed by atoms with Gasteiger partial charge in [0.2, 0.25) is 5.91 Å². The highest BCUT2D eigenvalue weighted by Gasteiger charge is 2.11. The van der Waals surface area contributed by atoms with E-state index in [9.17, 15) is 4.79 Å². The van der Waals surface area contributed by atoms with Crippen molar-refractivity contribution in [3.05, 3.63) is 29.6 Å². The molecule has 16 heavy (non-hydrogen) atoms. The normalized spacial score (nSPS) is 10.2. The van der Waals surface area contributed by atoms with E-state index < -0.39 is 0 Å². The summed E-state index contributed by atoms with van der Waals surface area (Å²) in [4.78, 5) is 17.8. The van der Waals surface area contributed by atoms with E-state index in [1.807, 2.05) is 32.0 Å². The number of nitrogens with two attached hydrogens (primary N) is 1. The summed E-state index contributed by atoms with van der Waals surface area (Å²) in [5.41, 5.74) is 7.27. The summed E-state index contributed by atoms with van der Waals surface area (Å²) in [6.45, 7) is 5.56. The van der Waals surface area contributed by atoms with Crippen LogP contribution in [0.2, 0.25) is 0 Å². The van der Waals surface area contributed by atoms with Crippen LogP contribution in [-0.2, 0) is 11.3 Å². The lowest BCUT2D eigenvalue weighted by molar-refractivity contribution is -0.131. The first-order valence-corrected chi connectivity index (χ1v) is 5.57. The number of hydrogen-bond acceptors (Lipinski definition) is 3. The molecule has 1 rings (SSSR count). The number of carbonyl (C=O) groups is 1. The Bertz CT molecular complexity index is 352. The average Bonchev–Trinajstić information content (AvgIpc) is 2.26. The zero-order valence-corrected chi connectivity index (χ0v) is 9.94. The maximum Gasteiger partial charge on any atom is 0.224 e. The first kappa shape index (κ1) is 12.6. The summed E-state index contributed by atoms with van der Waals surface area (Å²) < 4.78 is 0.